The molecule has 16 heavy (non-hydrogen) atoms. The zero-order valence-corrected chi connectivity index (χ0v) is 10.5. The van der Waals surface area contributed by atoms with Crippen LogP contribution in [-0.2, 0) is 4.74 Å². The fourth-order valence-corrected chi connectivity index (χ4v) is 1.96. The summed E-state index contributed by atoms with van der Waals surface area (Å²) < 4.78 is 5.13. The Labute approximate surface area is 97.5 Å². The molecule has 0 aromatic rings. The normalized spacial score (nSPS) is 19.0. The van der Waals surface area contributed by atoms with Crippen LogP contribution in [0.5, 0.6) is 0 Å². The standard InChI is InChI=1S/C12H23NO3/c1-12(2,3)16-11(14)13(15)10-8-6-4-5-7-9-10/h10,15H,4-9H2,1-3H3. The van der Waals surface area contributed by atoms with E-state index in [1.54, 1.807) is 20.8 Å². The van der Waals surface area contributed by atoms with Crippen LogP contribution in [0.15, 0.2) is 0 Å². The van der Waals surface area contributed by atoms with Crippen LogP contribution in [0.1, 0.15) is 59.3 Å². The zero-order valence-electron chi connectivity index (χ0n) is 10.5. The van der Waals surface area contributed by atoms with Gasteiger partial charge in [-0.1, -0.05) is 25.7 Å². The first kappa shape index (κ1) is 13.3. The van der Waals surface area contributed by atoms with Crippen molar-refractivity contribution in [3.05, 3.63) is 0 Å². The van der Waals surface area contributed by atoms with E-state index in [2.05, 4.69) is 0 Å². The maximum atomic E-state index is 11.6. The van der Waals surface area contributed by atoms with Crippen molar-refractivity contribution in [3.63, 3.8) is 0 Å². The zero-order chi connectivity index (χ0) is 12.2. The number of carbonyl (C=O) groups excluding carboxylic acids is 1. The summed E-state index contributed by atoms with van der Waals surface area (Å²) in [6.45, 7) is 5.39. The molecule has 0 atom stereocenters. The Balaban J connectivity index is 2.48. The summed E-state index contributed by atoms with van der Waals surface area (Å²) >= 11 is 0. The van der Waals surface area contributed by atoms with E-state index in [1.807, 2.05) is 0 Å². The quantitative estimate of drug-likeness (QED) is 0.426. The summed E-state index contributed by atoms with van der Waals surface area (Å²) in [4.78, 5) is 11.6. The van der Waals surface area contributed by atoms with Crippen LogP contribution in [0.3, 0.4) is 0 Å². The number of hydrogen-bond acceptors (Lipinski definition) is 3. The third kappa shape index (κ3) is 4.39. The molecule has 1 aliphatic rings. The summed E-state index contributed by atoms with van der Waals surface area (Å²) in [5.74, 6) is 0. The van der Waals surface area contributed by atoms with Crippen molar-refractivity contribution in [1.29, 1.82) is 0 Å². The van der Waals surface area contributed by atoms with Gasteiger partial charge in [0.05, 0.1) is 6.04 Å². The molecule has 4 heteroatoms. The molecule has 0 aromatic heterocycles. The molecule has 1 fully saturated rings. The highest BCUT2D eigenvalue weighted by Crippen LogP contribution is 2.22. The molecule has 1 aliphatic carbocycles. The monoisotopic (exact) mass is 229 g/mol. The topological polar surface area (TPSA) is 49.8 Å². The molecule has 4 nitrogen and oxygen atoms in total. The summed E-state index contributed by atoms with van der Waals surface area (Å²) in [7, 11) is 0. The molecule has 1 rings (SSSR count). The van der Waals surface area contributed by atoms with Crippen LogP contribution in [0.25, 0.3) is 0 Å². The van der Waals surface area contributed by atoms with Crippen LogP contribution in [0, 0.1) is 0 Å². The predicted octanol–water partition coefficient (Wildman–Crippen LogP) is 3.34. The van der Waals surface area contributed by atoms with Gasteiger partial charge in [0.1, 0.15) is 5.60 Å². The first-order chi connectivity index (χ1) is 7.40. The second-order valence-corrected chi connectivity index (χ2v) is 5.47. The molecule has 0 heterocycles. The highest BCUT2D eigenvalue weighted by molar-refractivity contribution is 5.67. The Morgan fingerprint density at radius 3 is 2.12 bits per heavy atom. The van der Waals surface area contributed by atoms with Crippen LogP contribution < -0.4 is 0 Å². The van der Waals surface area contributed by atoms with Crippen molar-refractivity contribution in [2.24, 2.45) is 0 Å². The molecule has 1 amide bonds. The van der Waals surface area contributed by atoms with E-state index in [0.717, 1.165) is 30.7 Å². The molecule has 0 spiro atoms. The summed E-state index contributed by atoms with van der Waals surface area (Å²) in [6.07, 6.45) is 5.65. The number of hydrogen-bond donors (Lipinski definition) is 1. The van der Waals surface area contributed by atoms with Gasteiger partial charge in [0, 0.05) is 0 Å². The smallest absolute Gasteiger partial charge is 0.434 e. The molecule has 0 bridgehead atoms. The van der Waals surface area contributed by atoms with E-state index in [0.29, 0.717) is 0 Å². The number of ether oxygens (including phenoxy) is 1. The second kappa shape index (κ2) is 5.53. The third-order valence-corrected chi connectivity index (χ3v) is 2.75. The van der Waals surface area contributed by atoms with Crippen LogP contribution >= 0.6 is 0 Å². The first-order valence-corrected chi connectivity index (χ1v) is 6.11. The van der Waals surface area contributed by atoms with Crippen molar-refractivity contribution in [2.45, 2.75) is 70.9 Å². The number of rotatable bonds is 1. The van der Waals surface area contributed by atoms with E-state index >= 15 is 0 Å². The molecule has 0 aliphatic heterocycles. The largest absolute Gasteiger partial charge is 0.442 e. The van der Waals surface area contributed by atoms with Gasteiger partial charge in [-0.25, -0.2) is 4.79 Å². The van der Waals surface area contributed by atoms with E-state index in [9.17, 15) is 10.0 Å². The lowest BCUT2D eigenvalue weighted by atomic mass is 10.1. The van der Waals surface area contributed by atoms with Gasteiger partial charge in [-0.2, -0.15) is 5.06 Å². The summed E-state index contributed by atoms with van der Waals surface area (Å²) in [5, 5.41) is 10.6. The Bertz CT molecular complexity index is 227. The van der Waals surface area contributed by atoms with Gasteiger partial charge in [0.15, 0.2) is 0 Å². The number of nitrogens with zero attached hydrogens (tertiary/aromatic N) is 1. The van der Waals surface area contributed by atoms with Crippen molar-refractivity contribution in [3.8, 4) is 0 Å². The lowest BCUT2D eigenvalue weighted by molar-refractivity contribution is -0.122. The Morgan fingerprint density at radius 1 is 1.19 bits per heavy atom. The van der Waals surface area contributed by atoms with E-state index < -0.39 is 11.7 Å². The summed E-state index contributed by atoms with van der Waals surface area (Å²) in [6, 6.07) is -0.0719. The molecule has 1 saturated carbocycles. The predicted molar refractivity (Wildman–Crippen MR) is 61.3 cm³/mol. The SMILES string of the molecule is CC(C)(C)OC(=O)N(O)C1CCCCCC1. The fraction of sp³-hybridized carbons (Fsp3) is 0.917. The molecule has 94 valence electrons. The van der Waals surface area contributed by atoms with Crippen LogP contribution in [0.2, 0.25) is 0 Å². The first-order valence-electron chi connectivity index (χ1n) is 6.11. The Kier molecular flexibility index (Phi) is 4.59. The molecular formula is C12H23NO3. The summed E-state index contributed by atoms with van der Waals surface area (Å²) in [5.41, 5.74) is -0.553. The number of carbonyl (C=O) groups is 1. The van der Waals surface area contributed by atoms with Crippen molar-refractivity contribution < 1.29 is 14.7 Å². The van der Waals surface area contributed by atoms with Crippen LogP contribution in [-0.4, -0.2) is 28.0 Å². The highest BCUT2D eigenvalue weighted by atomic mass is 16.6. The maximum absolute atomic E-state index is 11.6. The second-order valence-electron chi connectivity index (χ2n) is 5.47. The average molecular weight is 229 g/mol. The maximum Gasteiger partial charge on any atom is 0.434 e. The van der Waals surface area contributed by atoms with E-state index in [4.69, 9.17) is 4.74 Å². The van der Waals surface area contributed by atoms with Gasteiger partial charge in [-0.15, -0.1) is 0 Å². The molecule has 0 aromatic carbocycles. The van der Waals surface area contributed by atoms with E-state index in [-0.39, 0.29) is 6.04 Å². The van der Waals surface area contributed by atoms with Crippen molar-refractivity contribution in [1.82, 2.24) is 5.06 Å². The molecule has 1 N–H and O–H groups in total. The van der Waals surface area contributed by atoms with Gasteiger partial charge in [-0.05, 0) is 33.6 Å². The minimum Gasteiger partial charge on any atom is -0.442 e. The fourth-order valence-electron chi connectivity index (χ4n) is 1.96. The van der Waals surface area contributed by atoms with Gasteiger partial charge < -0.3 is 4.74 Å². The highest BCUT2D eigenvalue weighted by Gasteiger charge is 2.27. The van der Waals surface area contributed by atoms with E-state index in [1.165, 1.54) is 12.8 Å². The minimum absolute atomic E-state index is 0.0719. The van der Waals surface area contributed by atoms with Gasteiger partial charge in [0.2, 0.25) is 0 Å². The number of hydroxylamine groups is 2. The average Bonchev–Trinajstić information content (AvgIpc) is 2.41. The lowest BCUT2D eigenvalue weighted by Gasteiger charge is -2.28. The Hall–Kier alpha value is -0.770. The molecule has 0 saturated heterocycles. The van der Waals surface area contributed by atoms with Gasteiger partial charge in [0.25, 0.3) is 0 Å². The third-order valence-electron chi connectivity index (χ3n) is 2.75. The molecular weight excluding hydrogens is 206 g/mol. The van der Waals surface area contributed by atoms with Crippen molar-refractivity contribution in [2.75, 3.05) is 0 Å². The van der Waals surface area contributed by atoms with Gasteiger partial charge in [-0.3, -0.25) is 5.21 Å². The van der Waals surface area contributed by atoms with Crippen molar-refractivity contribution >= 4 is 6.09 Å². The number of amides is 1. The lowest BCUT2D eigenvalue weighted by Crippen LogP contribution is -2.41. The van der Waals surface area contributed by atoms with Crippen LogP contribution in [0.4, 0.5) is 4.79 Å². The van der Waals surface area contributed by atoms with Gasteiger partial charge >= 0.3 is 6.09 Å². The Morgan fingerprint density at radius 2 is 1.69 bits per heavy atom. The molecule has 0 unspecified atom stereocenters. The minimum atomic E-state index is -0.626. The molecule has 0 radical (unpaired) electrons.